The highest BCUT2D eigenvalue weighted by Gasteiger charge is 2.20. The SMILES string of the molecule is CC.CC.CC.CC.CC.CC.CC.CC.CC.Cc1nc2cccnn2c1-c1cc(N2CCCCC2)ncn1.Cc1nc2cccnn2c1-c1cc(N2CCNCC2)ncn1.Cc1nc2cccnn2c1-c1cc(N2CCOCC2)ncn1. The summed E-state index contributed by atoms with van der Waals surface area (Å²) in [6.45, 7) is 51.1. The molecule has 0 amide bonds. The second-order valence-electron chi connectivity index (χ2n) is 16.2. The third-order valence-corrected chi connectivity index (χ3v) is 11.8. The normalized spacial score (nSPS) is 12.8. The van der Waals surface area contributed by atoms with Gasteiger partial charge in [0.05, 0.1) is 47.4 Å². The summed E-state index contributed by atoms with van der Waals surface area (Å²) in [5.41, 5.74) is 10.6. The van der Waals surface area contributed by atoms with Crippen LogP contribution in [0.1, 0.15) is 161 Å². The molecule has 20 heteroatoms. The second kappa shape index (κ2) is 44.0. The van der Waals surface area contributed by atoms with E-state index >= 15 is 0 Å². The maximum atomic E-state index is 5.39. The molecule has 20 nitrogen and oxygen atoms in total. The molecule has 0 unspecified atom stereocenters. The van der Waals surface area contributed by atoms with Gasteiger partial charge >= 0.3 is 0 Å². The Morgan fingerprint density at radius 3 is 0.988 bits per heavy atom. The second-order valence-corrected chi connectivity index (χ2v) is 16.2. The molecule has 0 aliphatic carbocycles. The van der Waals surface area contributed by atoms with E-state index in [9.17, 15) is 0 Å². The van der Waals surface area contributed by atoms with E-state index in [4.69, 9.17) is 4.74 Å². The van der Waals surface area contributed by atoms with E-state index in [0.29, 0.717) is 0 Å². The number of piperidine rings is 1. The Labute approximate surface area is 504 Å². The number of nitrogens with zero attached hydrogens (tertiary/aromatic N) is 18. The highest BCUT2D eigenvalue weighted by molar-refractivity contribution is 5.68. The fraction of sp³-hybridized carbons (Fsp3) is 0.531. The molecule has 3 aliphatic rings. The number of anilines is 3. The first-order valence-electron chi connectivity index (χ1n) is 31.4. The first-order valence-corrected chi connectivity index (χ1v) is 31.4. The van der Waals surface area contributed by atoms with Crippen molar-refractivity contribution in [1.29, 1.82) is 0 Å². The molecular formula is C64H105N19O. The van der Waals surface area contributed by atoms with Crippen molar-refractivity contribution in [1.82, 2.24) is 79.0 Å². The number of ether oxygens (including phenoxy) is 1. The Kier molecular flexibility index (Phi) is 39.0. The zero-order valence-electron chi connectivity index (χ0n) is 55.3. The van der Waals surface area contributed by atoms with Gasteiger partial charge in [0.2, 0.25) is 0 Å². The molecule has 0 spiro atoms. The molecule has 12 rings (SSSR count). The largest absolute Gasteiger partial charge is 0.378 e. The summed E-state index contributed by atoms with van der Waals surface area (Å²) in [7, 11) is 0. The first kappa shape index (κ1) is 74.4. The van der Waals surface area contributed by atoms with Gasteiger partial charge in [0.25, 0.3) is 0 Å². The van der Waals surface area contributed by atoms with E-state index in [1.54, 1.807) is 37.6 Å². The average Bonchev–Trinajstić information content (AvgIpc) is 3.39. The van der Waals surface area contributed by atoms with Crippen molar-refractivity contribution >= 4 is 34.4 Å². The molecule has 3 aliphatic heterocycles. The number of hydrogen-bond donors (Lipinski definition) is 1. The standard InChI is InChI=1S/C16H18N6.C15H17N7.C15H16N6O.9C2H6/c1-12-16(22-14(20-12)6-5-7-19-22)13-10-15(18-11-17-13)21-8-3-2-4-9-21;1-11-15(22-13(20-11)3-2-4-19-22)12-9-14(18-10-17-12)21-7-5-16-6-8-21;1-11-15(21-13(19-11)3-2-4-18-21)12-9-14(17-10-16-12)20-5-7-22-8-6-20;9*1-2/h5-7,10-11H,2-4,8-9H2,1H3;2-4,9-10,16H,5-8H2,1H3;2-4,9-10H,5-8H2,1H3;9*1-2H3. The Morgan fingerprint density at radius 1 is 0.369 bits per heavy atom. The highest BCUT2D eigenvalue weighted by Crippen LogP contribution is 2.28. The van der Waals surface area contributed by atoms with E-state index in [0.717, 1.165) is 151 Å². The van der Waals surface area contributed by atoms with Crippen LogP contribution in [0.15, 0.2) is 92.2 Å². The van der Waals surface area contributed by atoms with Crippen LogP contribution in [0.2, 0.25) is 0 Å². The molecule has 3 saturated heterocycles. The zero-order valence-corrected chi connectivity index (χ0v) is 55.3. The van der Waals surface area contributed by atoms with Crippen LogP contribution in [0.4, 0.5) is 17.5 Å². The van der Waals surface area contributed by atoms with Crippen LogP contribution in [-0.4, -0.2) is 139 Å². The molecule has 9 aromatic rings. The Morgan fingerprint density at radius 2 is 0.667 bits per heavy atom. The molecule has 0 atom stereocenters. The average molecular weight is 1160 g/mol. The van der Waals surface area contributed by atoms with Crippen LogP contribution in [0.5, 0.6) is 0 Å². The van der Waals surface area contributed by atoms with Gasteiger partial charge in [-0.25, -0.2) is 58.4 Å². The summed E-state index contributed by atoms with van der Waals surface area (Å²) in [6.07, 6.45) is 13.9. The summed E-state index contributed by atoms with van der Waals surface area (Å²) in [6, 6.07) is 17.6. The third kappa shape index (κ3) is 20.6. The van der Waals surface area contributed by atoms with E-state index in [1.807, 2.05) is 207 Å². The van der Waals surface area contributed by atoms with Crippen LogP contribution in [-0.2, 0) is 4.74 Å². The molecule has 12 heterocycles. The smallest absolute Gasteiger partial charge is 0.154 e. The molecule has 9 aromatic heterocycles. The summed E-state index contributed by atoms with van der Waals surface area (Å²) >= 11 is 0. The van der Waals surface area contributed by atoms with Gasteiger partial charge in [0.15, 0.2) is 16.9 Å². The highest BCUT2D eigenvalue weighted by atomic mass is 16.5. The topological polar surface area (TPSA) is 199 Å². The fourth-order valence-electron chi connectivity index (χ4n) is 8.64. The molecule has 0 bridgehead atoms. The summed E-state index contributed by atoms with van der Waals surface area (Å²) in [5.74, 6) is 2.87. The number of morpholine rings is 1. The fourth-order valence-corrected chi connectivity index (χ4v) is 8.64. The van der Waals surface area contributed by atoms with Crippen LogP contribution < -0.4 is 20.0 Å². The monoisotopic (exact) mass is 1160 g/mol. The summed E-state index contributed by atoms with van der Waals surface area (Å²) in [5, 5.41) is 16.5. The number of piperazine rings is 1. The Hall–Kier alpha value is -7.58. The minimum Gasteiger partial charge on any atom is -0.378 e. The van der Waals surface area contributed by atoms with Crippen molar-refractivity contribution in [3.8, 4) is 34.2 Å². The number of aryl methyl sites for hydroxylation is 3. The molecule has 1 N–H and O–H groups in total. The van der Waals surface area contributed by atoms with Crippen molar-refractivity contribution in [2.45, 2.75) is 165 Å². The lowest BCUT2D eigenvalue weighted by Gasteiger charge is -2.28. The number of aromatic nitrogens is 15. The first-order chi connectivity index (χ1) is 41.5. The lowest BCUT2D eigenvalue weighted by molar-refractivity contribution is 0.122. The predicted molar refractivity (Wildman–Crippen MR) is 353 cm³/mol. The molecule has 3 fully saturated rings. The number of rotatable bonds is 6. The van der Waals surface area contributed by atoms with Gasteiger partial charge in [-0.15, -0.1) is 0 Å². The maximum absolute atomic E-state index is 5.39. The zero-order chi connectivity index (χ0) is 62.8. The van der Waals surface area contributed by atoms with Gasteiger partial charge < -0.3 is 24.8 Å². The minimum absolute atomic E-state index is 0.732. The number of hydrogen-bond acceptors (Lipinski definition) is 17. The van der Waals surface area contributed by atoms with E-state index in [2.05, 4.69) is 86.2 Å². The van der Waals surface area contributed by atoms with Crippen LogP contribution in [0, 0.1) is 20.8 Å². The van der Waals surface area contributed by atoms with E-state index in [-0.39, 0.29) is 0 Å². The molecule has 84 heavy (non-hydrogen) atoms. The van der Waals surface area contributed by atoms with Gasteiger partial charge in [-0.1, -0.05) is 125 Å². The Bertz CT molecular complexity index is 2750. The third-order valence-electron chi connectivity index (χ3n) is 11.8. The summed E-state index contributed by atoms with van der Waals surface area (Å²) in [4.78, 5) is 47.0. The number of nitrogens with one attached hydrogen (secondary N) is 1. The molecule has 0 aromatic carbocycles. The predicted octanol–water partition coefficient (Wildman–Crippen LogP) is 14.0. The van der Waals surface area contributed by atoms with Crippen molar-refractivity contribution in [2.24, 2.45) is 0 Å². The number of fused-ring (bicyclic) bond motifs is 3. The van der Waals surface area contributed by atoms with Gasteiger partial charge in [-0.05, 0) is 76.4 Å². The molecule has 462 valence electrons. The minimum atomic E-state index is 0.732. The lowest BCUT2D eigenvalue weighted by atomic mass is 10.1. The maximum Gasteiger partial charge on any atom is 0.154 e. The Balaban J connectivity index is 0.000000554. The molecule has 0 saturated carbocycles. The molecule has 0 radical (unpaired) electrons. The quantitative estimate of drug-likeness (QED) is 0.165. The van der Waals surface area contributed by atoms with Crippen molar-refractivity contribution < 1.29 is 4.74 Å². The van der Waals surface area contributed by atoms with Crippen LogP contribution in [0.3, 0.4) is 0 Å². The lowest BCUT2D eigenvalue weighted by Crippen LogP contribution is -2.43. The van der Waals surface area contributed by atoms with Gasteiger partial charge in [0, 0.05) is 89.1 Å². The van der Waals surface area contributed by atoms with Crippen LogP contribution in [0.25, 0.3) is 51.1 Å². The van der Waals surface area contributed by atoms with Gasteiger partial charge in [0.1, 0.15) is 53.5 Å². The summed E-state index contributed by atoms with van der Waals surface area (Å²) < 4.78 is 10.9. The van der Waals surface area contributed by atoms with E-state index < -0.39 is 0 Å². The van der Waals surface area contributed by atoms with Gasteiger partial charge in [-0.2, -0.15) is 15.3 Å². The van der Waals surface area contributed by atoms with E-state index in [1.165, 1.54) is 19.3 Å². The van der Waals surface area contributed by atoms with Gasteiger partial charge in [-0.3, -0.25) is 0 Å². The van der Waals surface area contributed by atoms with Crippen molar-refractivity contribution in [3.05, 3.63) is 109 Å². The number of imidazole rings is 3. The van der Waals surface area contributed by atoms with Crippen molar-refractivity contribution in [3.63, 3.8) is 0 Å². The molecular weight excluding hydrogens is 1050 g/mol. The van der Waals surface area contributed by atoms with Crippen LogP contribution >= 0.6 is 0 Å². The van der Waals surface area contributed by atoms with Crippen molar-refractivity contribution in [2.75, 3.05) is 80.3 Å².